The molecule has 0 unspecified atom stereocenters. The molecule has 1 aromatic carbocycles. The Labute approximate surface area is 127 Å². The molecule has 1 aromatic heterocycles. The zero-order chi connectivity index (χ0) is 15.4. The number of benzene rings is 1. The molecule has 0 atom stereocenters. The van der Waals surface area contributed by atoms with Gasteiger partial charge < -0.3 is 4.18 Å². The maximum absolute atomic E-state index is 12.4. The smallest absolute Gasteiger partial charge is 0.258 e. The van der Waals surface area contributed by atoms with Gasteiger partial charge in [0.1, 0.15) is 0 Å². The van der Waals surface area contributed by atoms with Crippen LogP contribution in [0.15, 0.2) is 17.0 Å². The van der Waals surface area contributed by atoms with Crippen LogP contribution >= 0.6 is 12.0 Å². The van der Waals surface area contributed by atoms with E-state index >= 15 is 0 Å². The van der Waals surface area contributed by atoms with Crippen molar-refractivity contribution >= 4 is 23.9 Å². The maximum Gasteiger partial charge on any atom is 0.258 e. The summed E-state index contributed by atoms with van der Waals surface area (Å²) in [7, 11) is 1.60. The van der Waals surface area contributed by atoms with Gasteiger partial charge in [0.2, 0.25) is 5.95 Å². The van der Waals surface area contributed by atoms with Gasteiger partial charge in [-0.15, -0.1) is 0 Å². The van der Waals surface area contributed by atoms with Crippen LogP contribution in [0.1, 0.15) is 28.4 Å². The van der Waals surface area contributed by atoms with Crippen LogP contribution in [0, 0.1) is 13.8 Å². The van der Waals surface area contributed by atoms with Crippen LogP contribution < -0.4 is 5.32 Å². The fraction of sp³-hybridized carbons (Fsp3) is 0.385. The van der Waals surface area contributed by atoms with E-state index in [0.717, 1.165) is 16.0 Å². The van der Waals surface area contributed by atoms with E-state index in [1.54, 1.807) is 13.2 Å². The van der Waals surface area contributed by atoms with Crippen LogP contribution in [-0.4, -0.2) is 33.2 Å². The highest BCUT2D eigenvalue weighted by Gasteiger charge is 2.16. The summed E-state index contributed by atoms with van der Waals surface area (Å²) in [5.41, 5.74) is 2.51. The number of rotatable bonds is 5. The Bertz CT molecular complexity index is 656. The number of anilines is 1. The Hall–Kier alpha value is -1.93. The summed E-state index contributed by atoms with van der Waals surface area (Å²) in [5.74, 6) is 0.0957. The van der Waals surface area contributed by atoms with E-state index in [2.05, 4.69) is 20.8 Å². The Morgan fingerprint density at radius 3 is 2.86 bits per heavy atom. The van der Waals surface area contributed by atoms with Crippen molar-refractivity contribution in [2.24, 2.45) is 0 Å². The van der Waals surface area contributed by atoms with E-state index in [-0.39, 0.29) is 5.91 Å². The molecule has 2 aromatic rings. The topological polar surface area (TPSA) is 81.9 Å². The first-order valence-electron chi connectivity index (χ1n) is 6.46. The molecule has 112 valence electrons. The fourth-order valence-corrected chi connectivity index (χ4v) is 2.56. The molecule has 0 bridgehead atoms. The SMILES string of the molecule is CCn1nnnc1NC(=O)c1ccc(C)c(SOC)c1C. The Morgan fingerprint density at radius 1 is 1.43 bits per heavy atom. The zero-order valence-corrected chi connectivity index (χ0v) is 13.2. The lowest BCUT2D eigenvalue weighted by molar-refractivity contribution is 0.102. The fourth-order valence-electron chi connectivity index (χ4n) is 1.96. The van der Waals surface area contributed by atoms with Crippen molar-refractivity contribution in [2.75, 3.05) is 12.4 Å². The highest BCUT2D eigenvalue weighted by molar-refractivity contribution is 7.94. The first-order chi connectivity index (χ1) is 10.1. The molecule has 1 heterocycles. The minimum Gasteiger partial charge on any atom is -0.314 e. The van der Waals surface area contributed by atoms with Gasteiger partial charge in [-0.2, -0.15) is 0 Å². The van der Waals surface area contributed by atoms with Crippen molar-refractivity contribution in [2.45, 2.75) is 32.2 Å². The minimum atomic E-state index is -0.241. The lowest BCUT2D eigenvalue weighted by Crippen LogP contribution is -2.17. The van der Waals surface area contributed by atoms with Crippen LogP contribution in [-0.2, 0) is 10.7 Å². The minimum absolute atomic E-state index is 0.241. The number of carbonyl (C=O) groups is 1. The van der Waals surface area contributed by atoms with Crippen LogP contribution in [0.4, 0.5) is 5.95 Å². The van der Waals surface area contributed by atoms with Crippen LogP contribution in [0.25, 0.3) is 0 Å². The molecule has 0 radical (unpaired) electrons. The molecule has 1 amide bonds. The van der Waals surface area contributed by atoms with Gasteiger partial charge in [-0.25, -0.2) is 4.68 Å². The van der Waals surface area contributed by atoms with Crippen molar-refractivity contribution in [3.63, 3.8) is 0 Å². The summed E-state index contributed by atoms with van der Waals surface area (Å²) < 4.78 is 6.64. The number of amides is 1. The molecule has 0 aliphatic carbocycles. The average Bonchev–Trinajstić information content (AvgIpc) is 2.90. The molecule has 0 aliphatic heterocycles. The molecular formula is C13H17N5O2S. The van der Waals surface area contributed by atoms with Crippen molar-refractivity contribution in [3.05, 3.63) is 28.8 Å². The second-order valence-electron chi connectivity index (χ2n) is 4.41. The van der Waals surface area contributed by atoms with Gasteiger partial charge >= 0.3 is 0 Å². The molecule has 0 aliphatic rings. The van der Waals surface area contributed by atoms with E-state index in [1.807, 2.05) is 26.8 Å². The first-order valence-corrected chi connectivity index (χ1v) is 7.21. The molecule has 0 spiro atoms. The van der Waals surface area contributed by atoms with Gasteiger partial charge in [-0.3, -0.25) is 10.1 Å². The highest BCUT2D eigenvalue weighted by Crippen LogP contribution is 2.29. The quantitative estimate of drug-likeness (QED) is 0.853. The average molecular weight is 307 g/mol. The number of nitrogens with zero attached hydrogens (tertiary/aromatic N) is 4. The summed E-state index contributed by atoms with van der Waals surface area (Å²) in [6.45, 7) is 6.36. The molecule has 2 rings (SSSR count). The largest absolute Gasteiger partial charge is 0.314 e. The van der Waals surface area contributed by atoms with Crippen molar-refractivity contribution in [3.8, 4) is 0 Å². The number of nitrogens with one attached hydrogen (secondary N) is 1. The number of tetrazole rings is 1. The lowest BCUT2D eigenvalue weighted by atomic mass is 10.1. The summed E-state index contributed by atoms with van der Waals surface area (Å²) >= 11 is 1.25. The molecule has 0 saturated heterocycles. The van der Waals surface area contributed by atoms with Crippen molar-refractivity contribution < 1.29 is 8.98 Å². The third-order valence-corrected chi connectivity index (χ3v) is 4.03. The van der Waals surface area contributed by atoms with Crippen LogP contribution in [0.5, 0.6) is 0 Å². The molecular weight excluding hydrogens is 290 g/mol. The monoisotopic (exact) mass is 307 g/mol. The van der Waals surface area contributed by atoms with Crippen molar-refractivity contribution in [1.82, 2.24) is 20.2 Å². The molecule has 0 saturated carbocycles. The second-order valence-corrected chi connectivity index (χ2v) is 5.31. The third kappa shape index (κ3) is 3.22. The van der Waals surface area contributed by atoms with Crippen molar-refractivity contribution in [1.29, 1.82) is 0 Å². The maximum atomic E-state index is 12.4. The second kappa shape index (κ2) is 6.68. The standard InChI is InChI=1S/C13H17N5O2S/c1-5-18-13(15-16-17-18)14-12(19)10-7-6-8(2)11(9(10)3)21-20-4/h6-7H,5H2,1-4H3,(H,14,15,17,19). The van der Waals surface area contributed by atoms with E-state index in [9.17, 15) is 4.79 Å². The van der Waals surface area contributed by atoms with Gasteiger partial charge in [-0.1, -0.05) is 11.2 Å². The summed E-state index contributed by atoms with van der Waals surface area (Å²) in [5, 5.41) is 13.9. The molecule has 7 nitrogen and oxygen atoms in total. The molecule has 0 fully saturated rings. The third-order valence-electron chi connectivity index (χ3n) is 3.07. The van der Waals surface area contributed by atoms with Crippen LogP contribution in [0.3, 0.4) is 0 Å². The molecule has 21 heavy (non-hydrogen) atoms. The summed E-state index contributed by atoms with van der Waals surface area (Å²) in [6.07, 6.45) is 0. The van der Waals surface area contributed by atoms with Crippen LogP contribution in [0.2, 0.25) is 0 Å². The predicted molar refractivity (Wildman–Crippen MR) is 80.2 cm³/mol. The Kier molecular flexibility index (Phi) is 4.92. The normalized spacial score (nSPS) is 10.7. The van der Waals surface area contributed by atoms with Gasteiger partial charge in [0.15, 0.2) is 0 Å². The predicted octanol–water partition coefficient (Wildman–Crippen LogP) is 2.22. The highest BCUT2D eigenvalue weighted by atomic mass is 32.2. The van der Waals surface area contributed by atoms with E-state index < -0.39 is 0 Å². The first kappa shape index (κ1) is 15.5. The number of aryl methyl sites for hydroxylation is 2. The van der Waals surface area contributed by atoms with Gasteiger partial charge in [-0.05, 0) is 48.4 Å². The van der Waals surface area contributed by atoms with Gasteiger partial charge in [0, 0.05) is 29.0 Å². The number of carbonyl (C=O) groups excluding carboxylic acids is 1. The van der Waals surface area contributed by atoms with E-state index in [0.29, 0.717) is 18.1 Å². The number of hydrogen-bond donors (Lipinski definition) is 1. The van der Waals surface area contributed by atoms with Gasteiger partial charge in [0.25, 0.3) is 5.91 Å². The van der Waals surface area contributed by atoms with Gasteiger partial charge in [0.05, 0.1) is 7.11 Å². The van der Waals surface area contributed by atoms with E-state index in [1.165, 1.54) is 16.7 Å². The summed E-state index contributed by atoms with van der Waals surface area (Å²) in [6, 6.07) is 3.69. The van der Waals surface area contributed by atoms with E-state index in [4.69, 9.17) is 4.18 Å². The zero-order valence-electron chi connectivity index (χ0n) is 12.4. The number of hydrogen-bond acceptors (Lipinski definition) is 6. The number of aromatic nitrogens is 4. The summed E-state index contributed by atoms with van der Waals surface area (Å²) in [4.78, 5) is 13.3. The molecule has 8 heteroatoms. The Balaban J connectivity index is 2.29. The lowest BCUT2D eigenvalue weighted by Gasteiger charge is -2.12. The molecule has 1 N–H and O–H groups in total. The Morgan fingerprint density at radius 2 is 2.19 bits per heavy atom.